The quantitative estimate of drug-likeness (QED) is 0.0701. The fourth-order valence-corrected chi connectivity index (χ4v) is 7.21. The van der Waals surface area contributed by atoms with Crippen LogP contribution in [0.3, 0.4) is 0 Å². The van der Waals surface area contributed by atoms with E-state index in [0.29, 0.717) is 48.1 Å². The molecule has 1 saturated heterocycles. The zero-order chi connectivity index (χ0) is 35.4. The van der Waals surface area contributed by atoms with Crippen molar-refractivity contribution in [3.8, 4) is 5.75 Å². The Balaban J connectivity index is 1.41. The van der Waals surface area contributed by atoms with Crippen LogP contribution < -0.4 is 10.1 Å². The van der Waals surface area contributed by atoms with E-state index in [9.17, 15) is 19.2 Å². The van der Waals surface area contributed by atoms with Crippen LogP contribution in [0.4, 0.5) is 4.79 Å². The normalized spacial score (nSPS) is 17.1. The maximum Gasteiger partial charge on any atom is 0.410 e. The van der Waals surface area contributed by atoms with Gasteiger partial charge >= 0.3 is 6.09 Å². The molecule has 0 spiro atoms. The number of benzene rings is 1. The number of hydrogen-bond donors (Lipinski definition) is 1. The lowest BCUT2D eigenvalue weighted by Gasteiger charge is -2.35. The highest BCUT2D eigenvalue weighted by Gasteiger charge is 2.40. The van der Waals surface area contributed by atoms with Crippen LogP contribution in [-0.4, -0.2) is 83.4 Å². The molecule has 0 radical (unpaired) electrons. The van der Waals surface area contributed by atoms with Gasteiger partial charge in [0.05, 0.1) is 12.6 Å². The smallest absolute Gasteiger partial charge is 0.410 e. The maximum absolute atomic E-state index is 14.2. The Morgan fingerprint density at radius 2 is 1.90 bits per heavy atom. The van der Waals surface area contributed by atoms with Crippen molar-refractivity contribution in [1.29, 1.82) is 0 Å². The number of rotatable bonds is 15. The van der Waals surface area contributed by atoms with Crippen LogP contribution in [0.5, 0.6) is 5.75 Å². The number of thiazole rings is 1. The minimum atomic E-state index is -0.713. The van der Waals surface area contributed by atoms with Crippen molar-refractivity contribution >= 4 is 35.0 Å². The van der Waals surface area contributed by atoms with Gasteiger partial charge in [-0.2, -0.15) is 0 Å². The standard InChI is InChI=1S/C35H49N7O6S/c1-35(2,3)48-34(46)41(4)22-29(43)39-30(24-13-7-5-8-14-24)33(45)42-19-12-17-28(42)32-38-27(23-49-32)31(44)25-15-11-16-26(21-25)47-20-10-6-9-18-37-40-36/h11,15-16,21,23-24,28,30H,5-10,12-14,17-20,22H2,1-4H3,(H,39,43)/t28-,30-/m0/s1. The van der Waals surface area contributed by atoms with E-state index in [1.807, 2.05) is 11.0 Å². The molecular weight excluding hydrogens is 646 g/mol. The van der Waals surface area contributed by atoms with Crippen LogP contribution in [0.1, 0.15) is 112 Å². The second-order valence-corrected chi connectivity index (χ2v) is 14.7. The molecule has 1 saturated carbocycles. The molecule has 3 amide bonds. The van der Waals surface area contributed by atoms with Crippen LogP contribution >= 0.6 is 11.3 Å². The minimum absolute atomic E-state index is 0.000985. The molecule has 1 aromatic heterocycles. The van der Waals surface area contributed by atoms with Gasteiger partial charge < -0.3 is 24.6 Å². The Kier molecular flexibility index (Phi) is 13.8. The van der Waals surface area contributed by atoms with E-state index in [-0.39, 0.29) is 30.2 Å². The molecule has 13 nitrogen and oxygen atoms in total. The molecular formula is C35H49N7O6S. The number of hydrogen-bond acceptors (Lipinski definition) is 9. The number of carbonyl (C=O) groups excluding carboxylic acids is 4. The second-order valence-electron chi connectivity index (χ2n) is 13.8. The van der Waals surface area contributed by atoms with Crippen LogP contribution in [0.2, 0.25) is 0 Å². The third-order valence-corrected chi connectivity index (χ3v) is 9.64. The number of carbonyl (C=O) groups is 4. The first kappa shape index (κ1) is 37.7. The Morgan fingerprint density at radius 3 is 2.63 bits per heavy atom. The summed E-state index contributed by atoms with van der Waals surface area (Å²) in [4.78, 5) is 63.9. The number of ketones is 1. The number of azide groups is 1. The number of nitrogens with one attached hydrogen (secondary N) is 1. The summed E-state index contributed by atoms with van der Waals surface area (Å²) in [7, 11) is 1.50. The summed E-state index contributed by atoms with van der Waals surface area (Å²) in [5.74, 6) is -0.185. The topological polar surface area (TPSA) is 167 Å². The van der Waals surface area contributed by atoms with E-state index in [2.05, 4.69) is 15.3 Å². The lowest BCUT2D eigenvalue weighted by molar-refractivity contribution is -0.139. The molecule has 0 unspecified atom stereocenters. The highest BCUT2D eigenvalue weighted by atomic mass is 32.1. The van der Waals surface area contributed by atoms with Gasteiger partial charge in [-0.1, -0.05) is 36.5 Å². The van der Waals surface area contributed by atoms with Gasteiger partial charge in [-0.3, -0.25) is 14.4 Å². The van der Waals surface area contributed by atoms with Crippen molar-refractivity contribution < 1.29 is 28.7 Å². The minimum Gasteiger partial charge on any atom is -0.494 e. The van der Waals surface area contributed by atoms with Gasteiger partial charge in [0, 0.05) is 36.0 Å². The van der Waals surface area contributed by atoms with E-state index in [0.717, 1.165) is 57.8 Å². The van der Waals surface area contributed by atoms with Crippen molar-refractivity contribution in [2.45, 2.75) is 103 Å². The van der Waals surface area contributed by atoms with Gasteiger partial charge in [0.25, 0.3) is 0 Å². The number of nitrogens with zero attached hydrogens (tertiary/aromatic N) is 6. The van der Waals surface area contributed by atoms with Crippen molar-refractivity contribution in [2.24, 2.45) is 11.0 Å². The van der Waals surface area contributed by atoms with Gasteiger partial charge in [-0.25, -0.2) is 9.78 Å². The third kappa shape index (κ3) is 11.2. The molecule has 1 aliphatic carbocycles. The molecule has 14 heteroatoms. The molecule has 2 fully saturated rings. The Hall–Kier alpha value is -4.16. The molecule has 1 aromatic carbocycles. The summed E-state index contributed by atoms with van der Waals surface area (Å²) >= 11 is 1.36. The monoisotopic (exact) mass is 695 g/mol. The predicted octanol–water partition coefficient (Wildman–Crippen LogP) is 6.83. The first-order chi connectivity index (χ1) is 23.5. The Morgan fingerprint density at radius 1 is 1.12 bits per heavy atom. The number of likely N-dealkylation sites (tertiary alicyclic amines) is 1. The van der Waals surface area contributed by atoms with Crippen molar-refractivity contribution in [1.82, 2.24) is 20.1 Å². The van der Waals surface area contributed by atoms with Gasteiger partial charge in [0.2, 0.25) is 17.6 Å². The summed E-state index contributed by atoms with van der Waals surface area (Å²) in [6.07, 6.45) is 8.15. The predicted molar refractivity (Wildman–Crippen MR) is 186 cm³/mol. The van der Waals surface area contributed by atoms with Crippen LogP contribution in [-0.2, 0) is 14.3 Å². The lowest BCUT2D eigenvalue weighted by Crippen LogP contribution is -2.54. The Bertz CT molecular complexity index is 1500. The summed E-state index contributed by atoms with van der Waals surface area (Å²) in [6.45, 7) is 6.56. The number of likely N-dealkylation sites (N-methyl/N-ethyl adjacent to an activating group) is 1. The fourth-order valence-electron chi connectivity index (χ4n) is 6.27. The van der Waals surface area contributed by atoms with E-state index >= 15 is 0 Å². The van der Waals surface area contributed by atoms with Crippen LogP contribution in [0.25, 0.3) is 10.4 Å². The zero-order valence-electron chi connectivity index (χ0n) is 29.1. The molecule has 2 aliphatic rings. The molecule has 49 heavy (non-hydrogen) atoms. The van der Waals surface area contributed by atoms with Gasteiger partial charge in [0.1, 0.15) is 34.6 Å². The summed E-state index contributed by atoms with van der Waals surface area (Å²) in [5, 5.41) is 8.95. The molecule has 2 aromatic rings. The average Bonchev–Trinajstić information content (AvgIpc) is 3.76. The third-order valence-electron chi connectivity index (χ3n) is 8.70. The van der Waals surface area contributed by atoms with E-state index in [1.165, 1.54) is 23.3 Å². The number of ether oxygens (including phenoxy) is 2. The van der Waals surface area contributed by atoms with Gasteiger partial charge in [-0.15, -0.1) is 11.3 Å². The maximum atomic E-state index is 14.2. The molecule has 2 atom stereocenters. The van der Waals surface area contributed by atoms with Crippen LogP contribution in [0, 0.1) is 5.92 Å². The SMILES string of the molecule is CN(CC(=O)N[C@H](C(=O)N1CCC[C@H]1c1nc(C(=O)c2cccc(OCCCCCN=[N+]=[N-])c2)cs1)C1CCCCC1)C(=O)OC(C)(C)C. The Labute approximate surface area is 292 Å². The lowest BCUT2D eigenvalue weighted by atomic mass is 9.83. The highest BCUT2D eigenvalue weighted by molar-refractivity contribution is 7.10. The van der Waals surface area contributed by atoms with E-state index < -0.39 is 23.6 Å². The molecule has 1 aliphatic heterocycles. The first-order valence-electron chi connectivity index (χ1n) is 17.2. The molecule has 2 heterocycles. The second kappa shape index (κ2) is 18.0. The first-order valence-corrected chi connectivity index (χ1v) is 18.1. The molecule has 0 bridgehead atoms. The van der Waals surface area contributed by atoms with Crippen molar-refractivity contribution in [3.05, 3.63) is 56.4 Å². The van der Waals surface area contributed by atoms with Gasteiger partial charge in [-0.05, 0) is 89.3 Å². The van der Waals surface area contributed by atoms with E-state index in [1.54, 1.807) is 44.4 Å². The molecule has 4 rings (SSSR count). The summed E-state index contributed by atoms with van der Waals surface area (Å²) in [5.41, 5.74) is 8.46. The summed E-state index contributed by atoms with van der Waals surface area (Å²) in [6, 6.07) is 6.03. The molecule has 266 valence electrons. The fraction of sp³-hybridized carbons (Fsp3) is 0.629. The number of amides is 3. The highest BCUT2D eigenvalue weighted by Crippen LogP contribution is 2.36. The van der Waals surface area contributed by atoms with Crippen LogP contribution in [0.15, 0.2) is 34.8 Å². The molecule has 1 N–H and O–H groups in total. The average molecular weight is 696 g/mol. The number of aromatic nitrogens is 1. The summed E-state index contributed by atoms with van der Waals surface area (Å²) < 4.78 is 11.2. The zero-order valence-corrected chi connectivity index (χ0v) is 29.9. The van der Waals surface area contributed by atoms with Crippen molar-refractivity contribution in [3.63, 3.8) is 0 Å². The number of unbranched alkanes of at least 4 members (excludes halogenated alkanes) is 2. The van der Waals surface area contributed by atoms with E-state index in [4.69, 9.17) is 20.0 Å². The van der Waals surface area contributed by atoms with Crippen molar-refractivity contribution in [2.75, 3.05) is 33.3 Å². The largest absolute Gasteiger partial charge is 0.494 e. The van der Waals surface area contributed by atoms with Gasteiger partial charge in [0.15, 0.2) is 0 Å².